The maximum absolute atomic E-state index is 2.32. The first-order chi connectivity index (χ1) is 14.2. The van der Waals surface area contributed by atoms with Crippen LogP contribution in [0, 0.1) is 0 Å². The molecule has 0 spiro atoms. The SMILES string of the molecule is CC/C(=C(\Cc1ccccc1)c1ccc(CCCN(C)C)cc1)c1ccccc1. The highest BCUT2D eigenvalue weighted by Gasteiger charge is 2.11. The minimum absolute atomic E-state index is 0.957. The molecule has 3 aromatic rings. The van der Waals surface area contributed by atoms with Gasteiger partial charge in [-0.15, -0.1) is 0 Å². The molecular weight excluding hydrogens is 350 g/mol. The third-order valence-corrected chi connectivity index (χ3v) is 5.44. The molecule has 29 heavy (non-hydrogen) atoms. The van der Waals surface area contributed by atoms with Crippen molar-refractivity contribution < 1.29 is 0 Å². The van der Waals surface area contributed by atoms with Gasteiger partial charge in [-0.25, -0.2) is 0 Å². The van der Waals surface area contributed by atoms with Crippen molar-refractivity contribution in [2.24, 2.45) is 0 Å². The maximum Gasteiger partial charge on any atom is -0.00169 e. The fourth-order valence-corrected chi connectivity index (χ4v) is 3.89. The van der Waals surface area contributed by atoms with Gasteiger partial charge in [0, 0.05) is 0 Å². The van der Waals surface area contributed by atoms with Gasteiger partial charge in [0.1, 0.15) is 0 Å². The van der Waals surface area contributed by atoms with Crippen molar-refractivity contribution in [2.45, 2.75) is 32.6 Å². The number of benzene rings is 3. The highest BCUT2D eigenvalue weighted by molar-refractivity contribution is 5.91. The smallest absolute Gasteiger partial charge is 0.00169 e. The molecule has 0 atom stereocenters. The average Bonchev–Trinajstić information content (AvgIpc) is 2.75. The third-order valence-electron chi connectivity index (χ3n) is 5.44. The molecule has 0 fully saturated rings. The van der Waals surface area contributed by atoms with Crippen LogP contribution in [0.25, 0.3) is 11.1 Å². The second kappa shape index (κ2) is 10.8. The van der Waals surface area contributed by atoms with Crippen LogP contribution in [0.1, 0.15) is 42.0 Å². The van der Waals surface area contributed by atoms with Crippen LogP contribution in [0.5, 0.6) is 0 Å². The number of nitrogens with zero attached hydrogens (tertiary/aromatic N) is 1. The molecule has 0 unspecified atom stereocenters. The van der Waals surface area contributed by atoms with E-state index >= 15 is 0 Å². The fraction of sp³-hybridized carbons (Fsp3) is 0.286. The second-order valence-corrected chi connectivity index (χ2v) is 7.94. The number of hydrogen-bond acceptors (Lipinski definition) is 1. The molecule has 1 nitrogen and oxygen atoms in total. The summed E-state index contributed by atoms with van der Waals surface area (Å²) in [4.78, 5) is 2.25. The van der Waals surface area contributed by atoms with Gasteiger partial charge < -0.3 is 4.90 Å². The van der Waals surface area contributed by atoms with E-state index in [1.54, 1.807) is 0 Å². The first-order valence-electron chi connectivity index (χ1n) is 10.7. The van der Waals surface area contributed by atoms with Crippen LogP contribution < -0.4 is 0 Å². The Morgan fingerprint density at radius 3 is 1.83 bits per heavy atom. The first-order valence-corrected chi connectivity index (χ1v) is 10.7. The van der Waals surface area contributed by atoms with Gasteiger partial charge in [-0.3, -0.25) is 0 Å². The van der Waals surface area contributed by atoms with Crippen molar-refractivity contribution in [3.8, 4) is 0 Å². The Bertz CT molecular complexity index is 890. The highest BCUT2D eigenvalue weighted by Crippen LogP contribution is 2.32. The summed E-state index contributed by atoms with van der Waals surface area (Å²) in [5, 5.41) is 0. The zero-order valence-electron chi connectivity index (χ0n) is 18.1. The van der Waals surface area contributed by atoms with Crippen molar-refractivity contribution in [2.75, 3.05) is 20.6 Å². The Balaban J connectivity index is 1.93. The zero-order valence-corrected chi connectivity index (χ0v) is 18.1. The predicted molar refractivity (Wildman–Crippen MR) is 127 cm³/mol. The Kier molecular flexibility index (Phi) is 7.84. The van der Waals surface area contributed by atoms with E-state index in [9.17, 15) is 0 Å². The number of allylic oxidation sites excluding steroid dienone is 2. The molecule has 0 heterocycles. The van der Waals surface area contributed by atoms with Crippen molar-refractivity contribution >= 4 is 11.1 Å². The summed E-state index contributed by atoms with van der Waals surface area (Å²) in [5.41, 5.74) is 8.33. The maximum atomic E-state index is 2.32. The van der Waals surface area contributed by atoms with Crippen LogP contribution in [0.15, 0.2) is 84.9 Å². The normalized spacial score (nSPS) is 12.1. The van der Waals surface area contributed by atoms with E-state index in [1.165, 1.54) is 39.8 Å². The minimum Gasteiger partial charge on any atom is -0.309 e. The molecule has 0 radical (unpaired) electrons. The van der Waals surface area contributed by atoms with E-state index in [1.807, 2.05) is 0 Å². The largest absolute Gasteiger partial charge is 0.309 e. The lowest BCUT2D eigenvalue weighted by molar-refractivity contribution is 0.400. The molecule has 0 aliphatic heterocycles. The lowest BCUT2D eigenvalue weighted by Crippen LogP contribution is -2.13. The van der Waals surface area contributed by atoms with Crippen LogP contribution in [-0.2, 0) is 12.8 Å². The molecular formula is C28H33N. The van der Waals surface area contributed by atoms with Gasteiger partial charge in [0.25, 0.3) is 0 Å². The summed E-state index contributed by atoms with van der Waals surface area (Å²) in [7, 11) is 4.28. The summed E-state index contributed by atoms with van der Waals surface area (Å²) in [5.74, 6) is 0. The molecule has 3 rings (SSSR count). The molecule has 1 heteroatoms. The van der Waals surface area contributed by atoms with Crippen molar-refractivity contribution in [3.63, 3.8) is 0 Å². The topological polar surface area (TPSA) is 3.24 Å². The van der Waals surface area contributed by atoms with Gasteiger partial charge in [0.2, 0.25) is 0 Å². The van der Waals surface area contributed by atoms with Gasteiger partial charge in [0.15, 0.2) is 0 Å². The molecule has 150 valence electrons. The van der Waals surface area contributed by atoms with Gasteiger partial charge in [0.05, 0.1) is 0 Å². The molecule has 3 aromatic carbocycles. The highest BCUT2D eigenvalue weighted by atomic mass is 15.0. The molecule has 0 saturated heterocycles. The monoisotopic (exact) mass is 383 g/mol. The predicted octanol–water partition coefficient (Wildman–Crippen LogP) is 6.74. The van der Waals surface area contributed by atoms with Gasteiger partial charge in [-0.2, -0.15) is 0 Å². The quantitative estimate of drug-likeness (QED) is 0.370. The summed E-state index contributed by atoms with van der Waals surface area (Å²) in [6.45, 7) is 3.40. The summed E-state index contributed by atoms with van der Waals surface area (Å²) in [6, 6.07) is 30.9. The summed E-state index contributed by atoms with van der Waals surface area (Å²) < 4.78 is 0. The third kappa shape index (κ3) is 6.17. The van der Waals surface area contributed by atoms with Crippen LogP contribution in [0.4, 0.5) is 0 Å². The summed E-state index contributed by atoms with van der Waals surface area (Å²) >= 11 is 0. The van der Waals surface area contributed by atoms with E-state index < -0.39 is 0 Å². The van der Waals surface area contributed by atoms with E-state index in [-0.39, 0.29) is 0 Å². The van der Waals surface area contributed by atoms with E-state index in [0.29, 0.717) is 0 Å². The summed E-state index contributed by atoms with van der Waals surface area (Å²) in [6.07, 6.45) is 4.31. The van der Waals surface area contributed by atoms with Crippen LogP contribution in [-0.4, -0.2) is 25.5 Å². The Morgan fingerprint density at radius 2 is 1.24 bits per heavy atom. The van der Waals surface area contributed by atoms with Crippen molar-refractivity contribution in [1.29, 1.82) is 0 Å². The molecule has 0 aliphatic rings. The van der Waals surface area contributed by atoms with E-state index in [4.69, 9.17) is 0 Å². The van der Waals surface area contributed by atoms with Crippen LogP contribution in [0.3, 0.4) is 0 Å². The van der Waals surface area contributed by atoms with Gasteiger partial charge >= 0.3 is 0 Å². The lowest BCUT2D eigenvalue weighted by atomic mass is 9.88. The first kappa shape index (κ1) is 21.1. The van der Waals surface area contributed by atoms with Crippen LogP contribution in [0.2, 0.25) is 0 Å². The van der Waals surface area contributed by atoms with Gasteiger partial charge in [-0.1, -0.05) is 91.9 Å². The fourth-order valence-electron chi connectivity index (χ4n) is 3.89. The van der Waals surface area contributed by atoms with Gasteiger partial charge in [-0.05, 0) is 79.7 Å². The molecule has 0 bridgehead atoms. The Labute approximate surface area is 176 Å². The van der Waals surface area contributed by atoms with E-state index in [0.717, 1.165) is 25.8 Å². The second-order valence-electron chi connectivity index (χ2n) is 7.94. The van der Waals surface area contributed by atoms with Crippen molar-refractivity contribution in [3.05, 3.63) is 107 Å². The molecule has 0 amide bonds. The lowest BCUT2D eigenvalue weighted by Gasteiger charge is -2.17. The molecule has 0 aliphatic carbocycles. The Hall–Kier alpha value is -2.64. The zero-order chi connectivity index (χ0) is 20.5. The van der Waals surface area contributed by atoms with E-state index in [2.05, 4.69) is 111 Å². The molecule has 0 aromatic heterocycles. The van der Waals surface area contributed by atoms with Crippen molar-refractivity contribution in [1.82, 2.24) is 4.90 Å². The molecule has 0 N–H and O–H groups in total. The standard InChI is InChI=1S/C28H33N/c1-4-27(25-15-9-6-10-16-25)28(22-24-12-7-5-8-13-24)26-19-17-23(18-20-26)14-11-21-29(2)3/h5-10,12-13,15-20H,4,11,14,21-22H2,1-3H3/b28-27-. The van der Waals surface area contributed by atoms with Crippen LogP contribution >= 0.6 is 0 Å². The molecule has 0 saturated carbocycles. The average molecular weight is 384 g/mol. The Morgan fingerprint density at radius 1 is 0.655 bits per heavy atom. The number of aryl methyl sites for hydroxylation is 1. The minimum atomic E-state index is 0.957. The number of rotatable bonds is 9. The number of hydrogen-bond donors (Lipinski definition) is 0.